The van der Waals surface area contributed by atoms with E-state index in [2.05, 4.69) is 92.7 Å². The van der Waals surface area contributed by atoms with Gasteiger partial charge in [0.15, 0.2) is 0 Å². The van der Waals surface area contributed by atoms with Gasteiger partial charge < -0.3 is 9.53 Å². The topological polar surface area (TPSA) is 42.4 Å². The lowest BCUT2D eigenvalue weighted by Crippen LogP contribution is -2.67. The second-order valence-corrected chi connectivity index (χ2v) is 15.3. The number of nitrogens with zero attached hydrogens (tertiary/aromatic N) is 1. The molecule has 0 aliphatic rings. The van der Waals surface area contributed by atoms with Crippen molar-refractivity contribution in [2.75, 3.05) is 6.61 Å². The summed E-state index contributed by atoms with van der Waals surface area (Å²) in [7, 11) is -2.76. The fraction of sp³-hybridized carbons (Fsp3) is 0.321. The summed E-state index contributed by atoms with van der Waals surface area (Å²) >= 11 is 7.85. The predicted molar refractivity (Wildman–Crippen MR) is 149 cm³/mol. The first kappa shape index (κ1) is 26.6. The van der Waals surface area contributed by atoms with Crippen molar-refractivity contribution in [3.05, 3.63) is 93.4 Å². The normalized spacial score (nSPS) is 14.3. The number of hydrogen-bond acceptors (Lipinski definition) is 4. The third-order valence-corrected chi connectivity index (χ3v) is 12.1. The quantitative estimate of drug-likeness (QED) is 0.342. The maximum Gasteiger partial charge on any atom is 0.261 e. The standard InChI is InChI=1S/C28H34ClNO2SSi/c1-21(18-24-20-33-22(2)30-24)27(17-16-23(29)19-31)32-34(28(3,4)5,25-12-8-6-9-13-25)26-14-10-7-11-15-26/h6-16,18,20,27,31H,17,19H2,1-5H3/t27-/m0/s1. The number of thiazole rings is 1. The van der Waals surface area contributed by atoms with Crippen molar-refractivity contribution >= 4 is 47.7 Å². The van der Waals surface area contributed by atoms with Crippen molar-refractivity contribution in [1.29, 1.82) is 0 Å². The zero-order chi connectivity index (χ0) is 24.8. The summed E-state index contributed by atoms with van der Waals surface area (Å²) in [6.45, 7) is 10.7. The molecule has 1 aromatic heterocycles. The monoisotopic (exact) mass is 511 g/mol. The van der Waals surface area contributed by atoms with Crippen LogP contribution in [0.15, 0.2) is 82.7 Å². The van der Waals surface area contributed by atoms with Crippen molar-refractivity contribution in [3.8, 4) is 0 Å². The Hall–Kier alpha value is -2.02. The van der Waals surface area contributed by atoms with E-state index in [1.54, 1.807) is 11.3 Å². The van der Waals surface area contributed by atoms with Gasteiger partial charge in [-0.2, -0.15) is 0 Å². The van der Waals surface area contributed by atoms with Crippen LogP contribution in [0.4, 0.5) is 0 Å². The molecule has 6 heteroatoms. The average molecular weight is 512 g/mol. The first-order valence-corrected chi connectivity index (χ1v) is 14.7. The van der Waals surface area contributed by atoms with E-state index in [0.717, 1.165) is 16.3 Å². The van der Waals surface area contributed by atoms with Gasteiger partial charge in [0.1, 0.15) is 0 Å². The summed E-state index contributed by atoms with van der Waals surface area (Å²) in [5, 5.41) is 15.3. The Morgan fingerprint density at radius 2 is 1.65 bits per heavy atom. The van der Waals surface area contributed by atoms with Crippen molar-refractivity contribution in [2.45, 2.75) is 52.2 Å². The van der Waals surface area contributed by atoms with Crippen LogP contribution in [0.25, 0.3) is 6.08 Å². The van der Waals surface area contributed by atoms with Gasteiger partial charge in [0.05, 0.1) is 23.4 Å². The molecule has 3 nitrogen and oxygen atoms in total. The number of rotatable bonds is 9. The van der Waals surface area contributed by atoms with Gasteiger partial charge in [-0.05, 0) is 47.3 Å². The summed E-state index contributed by atoms with van der Waals surface area (Å²) in [5.41, 5.74) is 2.02. The molecule has 2 aromatic carbocycles. The summed E-state index contributed by atoms with van der Waals surface area (Å²) in [6, 6.07) is 21.2. The third-order valence-electron chi connectivity index (χ3n) is 5.96. The molecule has 0 saturated heterocycles. The van der Waals surface area contributed by atoms with Crippen molar-refractivity contribution in [1.82, 2.24) is 4.98 Å². The molecule has 0 unspecified atom stereocenters. The number of aliphatic hydroxyl groups excluding tert-OH is 1. The molecule has 0 radical (unpaired) electrons. The van der Waals surface area contributed by atoms with E-state index in [1.165, 1.54) is 10.4 Å². The van der Waals surface area contributed by atoms with Crippen molar-refractivity contribution in [2.24, 2.45) is 0 Å². The number of benzene rings is 2. The van der Waals surface area contributed by atoms with Crippen LogP contribution in [-0.4, -0.2) is 31.1 Å². The van der Waals surface area contributed by atoms with E-state index in [9.17, 15) is 5.11 Å². The van der Waals surface area contributed by atoms with Gasteiger partial charge >= 0.3 is 0 Å². The van der Waals surface area contributed by atoms with Gasteiger partial charge in [0.25, 0.3) is 8.32 Å². The minimum absolute atomic E-state index is 0.143. The van der Waals surface area contributed by atoms with Gasteiger partial charge in [0.2, 0.25) is 0 Å². The lowest BCUT2D eigenvalue weighted by molar-refractivity contribution is 0.225. The van der Waals surface area contributed by atoms with E-state index >= 15 is 0 Å². The molecule has 0 spiro atoms. The zero-order valence-electron chi connectivity index (χ0n) is 20.6. The summed E-state index contributed by atoms with van der Waals surface area (Å²) < 4.78 is 7.37. The smallest absolute Gasteiger partial charge is 0.261 e. The lowest BCUT2D eigenvalue weighted by Gasteiger charge is -2.45. The molecule has 3 aromatic rings. The minimum Gasteiger partial charge on any atom is -0.400 e. The highest BCUT2D eigenvalue weighted by molar-refractivity contribution is 7.09. The van der Waals surface area contributed by atoms with Crippen molar-refractivity contribution in [3.63, 3.8) is 0 Å². The SMILES string of the molecule is CC(=Cc1csc(C)n1)[C@H](CC=C(Cl)CO)O[Si](c1ccccc1)(c1ccccc1)C(C)(C)C. The van der Waals surface area contributed by atoms with E-state index in [1.807, 2.05) is 25.1 Å². The summed E-state index contributed by atoms with van der Waals surface area (Å²) in [6.07, 6.45) is 4.31. The molecule has 0 aliphatic heterocycles. The molecule has 0 amide bonds. The maximum atomic E-state index is 9.49. The predicted octanol–water partition coefficient (Wildman–Crippen LogP) is 6.31. The van der Waals surface area contributed by atoms with E-state index < -0.39 is 8.32 Å². The van der Waals surface area contributed by atoms with Crippen LogP contribution in [0.5, 0.6) is 0 Å². The first-order valence-electron chi connectivity index (χ1n) is 11.5. The molecule has 0 saturated carbocycles. The van der Waals surface area contributed by atoms with E-state index in [4.69, 9.17) is 16.0 Å². The van der Waals surface area contributed by atoms with Gasteiger partial charge in [0, 0.05) is 10.4 Å². The fourth-order valence-corrected chi connectivity index (χ4v) is 9.69. The Morgan fingerprint density at radius 1 is 1.09 bits per heavy atom. The lowest BCUT2D eigenvalue weighted by atomic mass is 10.1. The highest BCUT2D eigenvalue weighted by atomic mass is 35.5. The number of aromatic nitrogens is 1. The average Bonchev–Trinajstić information content (AvgIpc) is 3.23. The summed E-state index contributed by atoms with van der Waals surface area (Å²) in [5.74, 6) is 0. The van der Waals surface area contributed by atoms with Crippen LogP contribution < -0.4 is 10.4 Å². The molecule has 0 aliphatic carbocycles. The minimum atomic E-state index is -2.76. The molecule has 0 bridgehead atoms. The Balaban J connectivity index is 2.18. The molecule has 34 heavy (non-hydrogen) atoms. The molecule has 3 rings (SSSR count). The molecule has 1 heterocycles. The van der Waals surface area contributed by atoms with Crippen LogP contribution in [0, 0.1) is 6.92 Å². The van der Waals surface area contributed by atoms with Crippen LogP contribution in [-0.2, 0) is 4.43 Å². The van der Waals surface area contributed by atoms with E-state index in [-0.39, 0.29) is 17.7 Å². The molecular formula is C28H34ClNO2SSi. The summed E-state index contributed by atoms with van der Waals surface area (Å²) in [4.78, 5) is 4.62. The Labute approximate surface area is 213 Å². The molecular weight excluding hydrogens is 478 g/mol. The second kappa shape index (κ2) is 11.6. The second-order valence-electron chi connectivity index (χ2n) is 9.49. The van der Waals surface area contributed by atoms with Crippen molar-refractivity contribution < 1.29 is 9.53 Å². The Kier molecular flexibility index (Phi) is 9.07. The van der Waals surface area contributed by atoms with Crippen LogP contribution in [0.1, 0.15) is 44.8 Å². The maximum absolute atomic E-state index is 9.49. The van der Waals surface area contributed by atoms with Gasteiger partial charge in [-0.3, -0.25) is 0 Å². The van der Waals surface area contributed by atoms with Crippen LogP contribution in [0.2, 0.25) is 5.04 Å². The molecule has 1 atom stereocenters. The largest absolute Gasteiger partial charge is 0.400 e. The Bertz CT molecular complexity index is 1080. The molecule has 0 fully saturated rings. The molecule has 180 valence electrons. The Morgan fingerprint density at radius 3 is 2.09 bits per heavy atom. The third kappa shape index (κ3) is 6.15. The van der Waals surface area contributed by atoms with Gasteiger partial charge in [-0.1, -0.05) is 99.1 Å². The van der Waals surface area contributed by atoms with Crippen LogP contribution in [0.3, 0.4) is 0 Å². The first-order chi connectivity index (χ1) is 16.2. The number of aliphatic hydroxyl groups is 1. The fourth-order valence-electron chi connectivity index (χ4n) is 4.30. The highest BCUT2D eigenvalue weighted by Crippen LogP contribution is 2.39. The molecule has 1 N–H and O–H groups in total. The van der Waals surface area contributed by atoms with E-state index in [0.29, 0.717) is 11.5 Å². The number of hydrogen-bond donors (Lipinski definition) is 1. The van der Waals surface area contributed by atoms with Crippen LogP contribution >= 0.6 is 22.9 Å². The van der Waals surface area contributed by atoms with Gasteiger partial charge in [-0.25, -0.2) is 4.98 Å². The zero-order valence-corrected chi connectivity index (χ0v) is 23.2. The number of halogens is 1. The highest BCUT2D eigenvalue weighted by Gasteiger charge is 2.51. The number of aryl methyl sites for hydroxylation is 1. The van der Waals surface area contributed by atoms with Gasteiger partial charge in [-0.15, -0.1) is 11.3 Å².